The molecule has 0 saturated carbocycles. The number of benzene rings is 1. The summed E-state index contributed by atoms with van der Waals surface area (Å²) in [6.07, 6.45) is 2.76. The van der Waals surface area contributed by atoms with E-state index in [1.165, 1.54) is 5.56 Å². The summed E-state index contributed by atoms with van der Waals surface area (Å²) in [6.45, 7) is 16.8. The minimum atomic E-state index is 0.0493. The zero-order chi connectivity index (χ0) is 22.6. The van der Waals surface area contributed by atoms with Crippen LogP contribution in [0.4, 0.5) is 5.69 Å². The van der Waals surface area contributed by atoms with Crippen LogP contribution >= 0.6 is 11.8 Å². The van der Waals surface area contributed by atoms with Crippen LogP contribution in [0.15, 0.2) is 36.5 Å². The molecule has 0 aliphatic carbocycles. The van der Waals surface area contributed by atoms with Crippen molar-refractivity contribution >= 4 is 23.4 Å². The molecule has 0 bridgehead atoms. The first kappa shape index (κ1) is 26.4. The molecule has 0 radical (unpaired) electrons. The Bertz CT molecular complexity index is 635. The molecule has 170 valence electrons. The van der Waals surface area contributed by atoms with Gasteiger partial charge in [0.05, 0.1) is 0 Å². The van der Waals surface area contributed by atoms with Gasteiger partial charge in [0.2, 0.25) is 5.91 Å². The van der Waals surface area contributed by atoms with E-state index in [0.717, 1.165) is 48.8 Å². The van der Waals surface area contributed by atoms with Gasteiger partial charge in [0.15, 0.2) is 0 Å². The van der Waals surface area contributed by atoms with Crippen molar-refractivity contribution in [1.29, 1.82) is 0 Å². The van der Waals surface area contributed by atoms with Gasteiger partial charge in [-0.2, -0.15) is 11.8 Å². The van der Waals surface area contributed by atoms with E-state index < -0.39 is 0 Å². The third-order valence-corrected chi connectivity index (χ3v) is 5.88. The lowest BCUT2D eigenvalue weighted by Gasteiger charge is -2.23. The topological polar surface area (TPSA) is 53.2 Å². The summed E-state index contributed by atoms with van der Waals surface area (Å²) in [5, 5.41) is 9.75. The minimum absolute atomic E-state index is 0.0493. The highest BCUT2D eigenvalue weighted by Crippen LogP contribution is 2.29. The van der Waals surface area contributed by atoms with Crippen molar-refractivity contribution in [2.45, 2.75) is 59.8 Å². The summed E-state index contributed by atoms with van der Waals surface area (Å²) in [5.74, 6) is 3.15. The molecule has 1 amide bonds. The van der Waals surface area contributed by atoms with Crippen LogP contribution in [0.1, 0.15) is 65.4 Å². The Balaban J connectivity index is 2.29. The van der Waals surface area contributed by atoms with Gasteiger partial charge in [-0.05, 0) is 47.6 Å². The fourth-order valence-corrected chi connectivity index (χ4v) is 4.09. The molecule has 4 nitrogen and oxygen atoms in total. The highest BCUT2D eigenvalue weighted by atomic mass is 32.2. The summed E-state index contributed by atoms with van der Waals surface area (Å²) in [6, 6.07) is 8.67. The Morgan fingerprint density at radius 1 is 1.07 bits per heavy atom. The van der Waals surface area contributed by atoms with Crippen molar-refractivity contribution < 1.29 is 4.79 Å². The van der Waals surface area contributed by atoms with Crippen molar-refractivity contribution in [3.05, 3.63) is 42.1 Å². The molecule has 0 fully saturated rings. The van der Waals surface area contributed by atoms with Crippen LogP contribution in [0.5, 0.6) is 0 Å². The molecule has 0 aliphatic heterocycles. The van der Waals surface area contributed by atoms with Crippen molar-refractivity contribution in [2.24, 2.45) is 11.3 Å². The van der Waals surface area contributed by atoms with Gasteiger partial charge >= 0.3 is 0 Å². The first-order valence-corrected chi connectivity index (χ1v) is 12.3. The Kier molecular flexibility index (Phi) is 12.0. The highest BCUT2D eigenvalue weighted by molar-refractivity contribution is 7.99. The van der Waals surface area contributed by atoms with Crippen LogP contribution in [-0.2, 0) is 4.79 Å². The number of carbonyl (C=O) groups is 1. The molecule has 0 aromatic heterocycles. The number of thioether (sulfide) groups is 1. The number of anilines is 1. The zero-order valence-electron chi connectivity index (χ0n) is 19.9. The van der Waals surface area contributed by atoms with Gasteiger partial charge in [0.25, 0.3) is 0 Å². The lowest BCUT2D eigenvalue weighted by molar-refractivity contribution is -0.122. The van der Waals surface area contributed by atoms with E-state index in [4.69, 9.17) is 0 Å². The molecule has 0 aliphatic rings. The van der Waals surface area contributed by atoms with Gasteiger partial charge < -0.3 is 16.0 Å². The minimum Gasteiger partial charge on any atom is -0.388 e. The van der Waals surface area contributed by atoms with Gasteiger partial charge in [0, 0.05) is 49.6 Å². The van der Waals surface area contributed by atoms with Crippen molar-refractivity contribution in [3.8, 4) is 0 Å². The maximum absolute atomic E-state index is 11.8. The molecule has 1 rings (SSSR count). The summed E-state index contributed by atoms with van der Waals surface area (Å²) >= 11 is 1.89. The molecule has 1 atom stereocenters. The number of hydrogen-bond acceptors (Lipinski definition) is 4. The Hall–Kier alpha value is -1.62. The van der Waals surface area contributed by atoms with E-state index in [1.54, 1.807) is 0 Å². The Labute approximate surface area is 189 Å². The summed E-state index contributed by atoms with van der Waals surface area (Å²) < 4.78 is 0. The number of amides is 1. The molecule has 1 unspecified atom stereocenters. The number of nitrogens with one attached hydrogen (secondary N) is 3. The zero-order valence-corrected chi connectivity index (χ0v) is 20.8. The molecule has 0 saturated heterocycles. The molecule has 0 heterocycles. The molecule has 5 heteroatoms. The average molecular weight is 434 g/mol. The summed E-state index contributed by atoms with van der Waals surface area (Å²) in [7, 11) is 1.94. The largest absolute Gasteiger partial charge is 0.388 e. The highest BCUT2D eigenvalue weighted by Gasteiger charge is 2.17. The van der Waals surface area contributed by atoms with Gasteiger partial charge in [-0.1, -0.05) is 53.3 Å². The van der Waals surface area contributed by atoms with Crippen LogP contribution in [0.2, 0.25) is 0 Å². The van der Waals surface area contributed by atoms with Crippen LogP contribution in [-0.4, -0.2) is 37.6 Å². The first-order valence-electron chi connectivity index (χ1n) is 11.2. The first-order chi connectivity index (χ1) is 14.1. The predicted molar refractivity (Wildman–Crippen MR) is 134 cm³/mol. The lowest BCUT2D eigenvalue weighted by Crippen LogP contribution is -2.29. The van der Waals surface area contributed by atoms with Crippen molar-refractivity contribution in [2.75, 3.05) is 37.0 Å². The lowest BCUT2D eigenvalue weighted by atomic mass is 9.88. The molecule has 0 spiro atoms. The van der Waals surface area contributed by atoms with Gasteiger partial charge in [0.1, 0.15) is 0 Å². The van der Waals surface area contributed by atoms with Crippen molar-refractivity contribution in [3.63, 3.8) is 0 Å². The molecular formula is C25H43N3OS. The van der Waals surface area contributed by atoms with Crippen LogP contribution in [0.25, 0.3) is 0 Å². The van der Waals surface area contributed by atoms with Gasteiger partial charge in [-0.15, -0.1) is 0 Å². The standard InChI is InChI=1S/C25H43N3OS/c1-19(2)17-23(21-9-11-22(26-7)12-10-21)20(3)27-13-8-15-30-16-14-28-24(29)18-25(4,5)6/h9-12,19,23,26-27H,3,8,13-18H2,1-2,4-7H3,(H,28,29). The van der Waals surface area contributed by atoms with E-state index >= 15 is 0 Å². The number of rotatable bonds is 14. The molecule has 1 aromatic carbocycles. The summed E-state index contributed by atoms with van der Waals surface area (Å²) in [5.41, 5.74) is 3.61. The third-order valence-electron chi connectivity index (χ3n) is 4.81. The fraction of sp³-hybridized carbons (Fsp3) is 0.640. The third kappa shape index (κ3) is 11.5. The maximum Gasteiger partial charge on any atom is 0.220 e. The quantitative estimate of drug-likeness (QED) is 0.333. The van der Waals surface area contributed by atoms with Crippen LogP contribution in [0.3, 0.4) is 0 Å². The molecule has 1 aromatic rings. The molecular weight excluding hydrogens is 390 g/mol. The second kappa shape index (κ2) is 13.6. The van der Waals surface area contributed by atoms with Gasteiger partial charge in [-0.3, -0.25) is 4.79 Å². The molecule has 30 heavy (non-hydrogen) atoms. The average Bonchev–Trinajstić information content (AvgIpc) is 2.66. The summed E-state index contributed by atoms with van der Waals surface area (Å²) in [4.78, 5) is 11.8. The second-order valence-electron chi connectivity index (χ2n) is 9.56. The number of allylic oxidation sites excluding steroid dienone is 1. The smallest absolute Gasteiger partial charge is 0.220 e. The fourth-order valence-electron chi connectivity index (χ4n) is 3.29. The predicted octanol–water partition coefficient (Wildman–Crippen LogP) is 5.64. The normalized spacial score (nSPS) is 12.5. The van der Waals surface area contributed by atoms with Gasteiger partial charge in [-0.25, -0.2) is 0 Å². The van der Waals surface area contributed by atoms with E-state index in [9.17, 15) is 4.79 Å². The number of carbonyl (C=O) groups excluding carboxylic acids is 1. The second-order valence-corrected chi connectivity index (χ2v) is 10.8. The Morgan fingerprint density at radius 3 is 2.30 bits per heavy atom. The van der Waals surface area contributed by atoms with E-state index in [0.29, 0.717) is 18.3 Å². The van der Waals surface area contributed by atoms with Crippen molar-refractivity contribution in [1.82, 2.24) is 10.6 Å². The monoisotopic (exact) mass is 433 g/mol. The van der Waals surface area contributed by atoms with E-state index in [2.05, 4.69) is 81.4 Å². The van der Waals surface area contributed by atoms with Crippen LogP contribution in [0, 0.1) is 11.3 Å². The maximum atomic E-state index is 11.8. The molecule has 3 N–H and O–H groups in total. The van der Waals surface area contributed by atoms with Crippen LogP contribution < -0.4 is 16.0 Å². The Morgan fingerprint density at radius 2 is 1.73 bits per heavy atom. The van der Waals surface area contributed by atoms with E-state index in [-0.39, 0.29) is 11.3 Å². The number of hydrogen-bond donors (Lipinski definition) is 3. The van der Waals surface area contributed by atoms with E-state index in [1.807, 2.05) is 18.8 Å². The SMILES string of the molecule is C=C(NCCCSCCNC(=O)CC(C)(C)C)C(CC(C)C)c1ccc(NC)cc1.